The van der Waals surface area contributed by atoms with Gasteiger partial charge in [0.2, 0.25) is 0 Å². The summed E-state index contributed by atoms with van der Waals surface area (Å²) in [7, 11) is 0. The van der Waals surface area contributed by atoms with Crippen molar-refractivity contribution < 1.29 is 9.53 Å². The Hall–Kier alpha value is -1.97. The molecule has 3 heteroatoms. The highest BCUT2D eigenvalue weighted by atomic mass is 16.5. The molecule has 0 N–H and O–H groups in total. The first kappa shape index (κ1) is 15.6. The van der Waals surface area contributed by atoms with Crippen LogP contribution in [0.3, 0.4) is 0 Å². The first-order valence-electron chi connectivity index (χ1n) is 8.78. The number of aldehydes is 1. The Bertz CT molecular complexity index is 705. The molecule has 0 saturated carbocycles. The van der Waals surface area contributed by atoms with Gasteiger partial charge >= 0.3 is 0 Å². The Kier molecular flexibility index (Phi) is 4.21. The van der Waals surface area contributed by atoms with Gasteiger partial charge in [-0.2, -0.15) is 0 Å². The lowest BCUT2D eigenvalue weighted by Crippen LogP contribution is -2.42. The van der Waals surface area contributed by atoms with Crippen LogP contribution in [0.15, 0.2) is 54.6 Å². The molecule has 0 radical (unpaired) electrons. The molecule has 1 atom stereocenters. The molecule has 2 aliphatic heterocycles. The Morgan fingerprint density at radius 2 is 1.75 bits per heavy atom. The monoisotopic (exact) mass is 321 g/mol. The molecule has 1 spiro atoms. The van der Waals surface area contributed by atoms with Crippen molar-refractivity contribution in [2.24, 2.45) is 0 Å². The molecule has 1 unspecified atom stereocenters. The van der Waals surface area contributed by atoms with Gasteiger partial charge in [0, 0.05) is 26.1 Å². The maximum Gasteiger partial charge on any atom is 0.122 e. The van der Waals surface area contributed by atoms with Crippen molar-refractivity contribution in [1.29, 1.82) is 0 Å². The fourth-order valence-corrected chi connectivity index (χ4v) is 4.16. The summed E-state index contributed by atoms with van der Waals surface area (Å²) in [5, 5.41) is 0. The summed E-state index contributed by atoms with van der Waals surface area (Å²) in [6.07, 6.45) is 3.34. The molecule has 1 fully saturated rings. The van der Waals surface area contributed by atoms with E-state index < -0.39 is 0 Å². The van der Waals surface area contributed by atoms with Crippen LogP contribution in [-0.2, 0) is 21.7 Å². The molecular weight excluding hydrogens is 298 g/mol. The zero-order chi connectivity index (χ0) is 16.4. The molecular formula is C21H23NO2. The van der Waals surface area contributed by atoms with E-state index in [0.717, 1.165) is 38.8 Å². The van der Waals surface area contributed by atoms with E-state index >= 15 is 0 Å². The Morgan fingerprint density at radius 3 is 2.50 bits per heavy atom. The van der Waals surface area contributed by atoms with Crippen LogP contribution in [0.1, 0.15) is 42.1 Å². The SMILES string of the molecule is O=CCC1OC2(CCN(Cc3ccccc3)CC2)c2ccccc21. The number of hydrogen-bond acceptors (Lipinski definition) is 3. The predicted molar refractivity (Wildman–Crippen MR) is 93.6 cm³/mol. The van der Waals surface area contributed by atoms with E-state index in [1.807, 2.05) is 6.07 Å². The van der Waals surface area contributed by atoms with Crippen molar-refractivity contribution in [3.63, 3.8) is 0 Å². The van der Waals surface area contributed by atoms with E-state index in [2.05, 4.69) is 53.4 Å². The van der Waals surface area contributed by atoms with E-state index in [1.54, 1.807) is 0 Å². The minimum atomic E-state index is -0.197. The highest BCUT2D eigenvalue weighted by Crippen LogP contribution is 2.50. The summed E-state index contributed by atoms with van der Waals surface area (Å²) in [4.78, 5) is 13.5. The van der Waals surface area contributed by atoms with E-state index in [-0.39, 0.29) is 11.7 Å². The van der Waals surface area contributed by atoms with Gasteiger partial charge in [-0.25, -0.2) is 0 Å². The van der Waals surface area contributed by atoms with Crippen molar-refractivity contribution in [2.75, 3.05) is 13.1 Å². The van der Waals surface area contributed by atoms with Crippen molar-refractivity contribution in [2.45, 2.75) is 37.5 Å². The second-order valence-electron chi connectivity index (χ2n) is 6.85. The third-order valence-corrected chi connectivity index (χ3v) is 5.39. The van der Waals surface area contributed by atoms with Crippen LogP contribution in [-0.4, -0.2) is 24.3 Å². The number of carbonyl (C=O) groups is 1. The number of rotatable bonds is 4. The average molecular weight is 321 g/mol. The highest BCUT2D eigenvalue weighted by Gasteiger charge is 2.46. The quantitative estimate of drug-likeness (QED) is 0.801. The van der Waals surface area contributed by atoms with Gasteiger partial charge in [0.05, 0.1) is 11.7 Å². The van der Waals surface area contributed by atoms with Crippen molar-refractivity contribution in [3.05, 3.63) is 71.3 Å². The average Bonchev–Trinajstić information content (AvgIpc) is 2.93. The predicted octanol–water partition coefficient (Wildman–Crippen LogP) is 3.84. The molecule has 0 bridgehead atoms. The van der Waals surface area contributed by atoms with Crippen LogP contribution in [0.5, 0.6) is 0 Å². The Balaban J connectivity index is 1.49. The lowest BCUT2D eigenvalue weighted by atomic mass is 9.83. The van der Waals surface area contributed by atoms with Crippen molar-refractivity contribution >= 4 is 6.29 Å². The minimum absolute atomic E-state index is 0.0700. The number of nitrogens with zero attached hydrogens (tertiary/aromatic N) is 1. The molecule has 3 nitrogen and oxygen atoms in total. The van der Waals surface area contributed by atoms with Gasteiger partial charge in [0.25, 0.3) is 0 Å². The molecule has 0 aliphatic carbocycles. The second kappa shape index (κ2) is 6.50. The van der Waals surface area contributed by atoms with E-state index in [4.69, 9.17) is 4.74 Å². The van der Waals surface area contributed by atoms with Crippen LogP contribution in [0, 0.1) is 0 Å². The van der Waals surface area contributed by atoms with Crippen molar-refractivity contribution in [1.82, 2.24) is 4.90 Å². The molecule has 2 heterocycles. The van der Waals surface area contributed by atoms with Crippen molar-refractivity contribution in [3.8, 4) is 0 Å². The molecule has 24 heavy (non-hydrogen) atoms. The number of likely N-dealkylation sites (tertiary alicyclic amines) is 1. The molecule has 124 valence electrons. The normalized spacial score (nSPS) is 22.4. The molecule has 0 aromatic heterocycles. The van der Waals surface area contributed by atoms with E-state index in [1.165, 1.54) is 16.7 Å². The Morgan fingerprint density at radius 1 is 1.04 bits per heavy atom. The third kappa shape index (κ3) is 2.79. The lowest BCUT2D eigenvalue weighted by Gasteiger charge is -2.39. The van der Waals surface area contributed by atoms with Crippen LogP contribution < -0.4 is 0 Å². The summed E-state index contributed by atoms with van der Waals surface area (Å²) < 4.78 is 6.44. The molecule has 1 saturated heterocycles. The van der Waals surface area contributed by atoms with Gasteiger partial charge in [-0.3, -0.25) is 4.90 Å². The van der Waals surface area contributed by atoms with Gasteiger partial charge in [0.15, 0.2) is 0 Å². The first-order chi connectivity index (χ1) is 11.8. The number of carbonyl (C=O) groups excluding carboxylic acids is 1. The third-order valence-electron chi connectivity index (χ3n) is 5.39. The van der Waals surface area contributed by atoms with Crippen LogP contribution in [0.4, 0.5) is 0 Å². The highest BCUT2D eigenvalue weighted by molar-refractivity contribution is 5.53. The van der Waals surface area contributed by atoms with E-state index in [0.29, 0.717) is 6.42 Å². The number of ether oxygens (including phenoxy) is 1. The zero-order valence-electron chi connectivity index (χ0n) is 13.9. The van der Waals surface area contributed by atoms with Gasteiger partial charge in [-0.05, 0) is 29.5 Å². The molecule has 2 aromatic rings. The van der Waals surface area contributed by atoms with Crippen LogP contribution >= 0.6 is 0 Å². The van der Waals surface area contributed by atoms with Gasteiger partial charge in [-0.1, -0.05) is 54.6 Å². The summed E-state index contributed by atoms with van der Waals surface area (Å²) in [5.74, 6) is 0. The van der Waals surface area contributed by atoms with Crippen LogP contribution in [0.25, 0.3) is 0 Å². The zero-order valence-corrected chi connectivity index (χ0v) is 13.9. The molecule has 4 rings (SSSR count). The molecule has 0 amide bonds. The fourth-order valence-electron chi connectivity index (χ4n) is 4.16. The molecule has 2 aliphatic rings. The lowest BCUT2D eigenvalue weighted by molar-refractivity contribution is -0.125. The summed E-state index contributed by atoms with van der Waals surface area (Å²) in [5.41, 5.74) is 3.68. The number of piperidine rings is 1. The summed E-state index contributed by atoms with van der Waals surface area (Å²) >= 11 is 0. The van der Waals surface area contributed by atoms with E-state index in [9.17, 15) is 4.79 Å². The van der Waals surface area contributed by atoms with Gasteiger partial charge in [-0.15, -0.1) is 0 Å². The standard InChI is InChI=1S/C21H23NO2/c23-15-10-20-18-8-4-5-9-19(18)21(24-20)11-13-22(14-12-21)16-17-6-2-1-3-7-17/h1-9,15,20H,10-14,16H2. The smallest absolute Gasteiger partial charge is 0.122 e. The number of hydrogen-bond donors (Lipinski definition) is 0. The topological polar surface area (TPSA) is 29.5 Å². The second-order valence-corrected chi connectivity index (χ2v) is 6.85. The fraction of sp³-hybridized carbons (Fsp3) is 0.381. The number of benzene rings is 2. The Labute approximate surface area is 143 Å². The summed E-state index contributed by atoms with van der Waals surface area (Å²) in [6.45, 7) is 3.05. The minimum Gasteiger partial charge on any atom is -0.362 e. The number of fused-ring (bicyclic) bond motifs is 2. The maximum atomic E-state index is 11.0. The maximum absolute atomic E-state index is 11.0. The van der Waals surface area contributed by atoms with Crippen LogP contribution in [0.2, 0.25) is 0 Å². The molecule has 2 aromatic carbocycles. The van der Waals surface area contributed by atoms with Gasteiger partial charge in [0.1, 0.15) is 6.29 Å². The largest absolute Gasteiger partial charge is 0.362 e. The van der Waals surface area contributed by atoms with Gasteiger partial charge < -0.3 is 9.53 Å². The summed E-state index contributed by atoms with van der Waals surface area (Å²) in [6, 6.07) is 19.1. The first-order valence-corrected chi connectivity index (χ1v) is 8.78.